The topological polar surface area (TPSA) is 71.9 Å². The molecule has 1 saturated heterocycles. The molecule has 3 aromatic rings. The van der Waals surface area contributed by atoms with Crippen molar-refractivity contribution in [2.75, 3.05) is 7.11 Å². The van der Waals surface area contributed by atoms with E-state index < -0.39 is 23.5 Å². The van der Waals surface area contributed by atoms with Gasteiger partial charge in [0.15, 0.2) is 11.6 Å². The number of methoxy groups -OCH3 is 1. The number of pyridine rings is 1. The number of ether oxygens (including phenoxy) is 2. The summed E-state index contributed by atoms with van der Waals surface area (Å²) in [5, 5.41) is 9.73. The van der Waals surface area contributed by atoms with E-state index in [1.54, 1.807) is 19.1 Å². The summed E-state index contributed by atoms with van der Waals surface area (Å²) in [6, 6.07) is 12.1. The Hall–Kier alpha value is -3.52. The van der Waals surface area contributed by atoms with Crippen LogP contribution in [0.15, 0.2) is 42.6 Å². The van der Waals surface area contributed by atoms with Gasteiger partial charge in [0, 0.05) is 36.2 Å². The van der Waals surface area contributed by atoms with Crippen LogP contribution in [0.5, 0.6) is 11.6 Å². The predicted molar refractivity (Wildman–Crippen MR) is 160 cm³/mol. The molecule has 43 heavy (non-hydrogen) atoms. The van der Waals surface area contributed by atoms with Crippen LogP contribution < -0.4 is 9.47 Å². The molecular formula is C35H40F2N2O4. The van der Waals surface area contributed by atoms with Crippen LogP contribution in [0.4, 0.5) is 8.78 Å². The van der Waals surface area contributed by atoms with E-state index in [2.05, 4.69) is 29.8 Å². The highest BCUT2D eigenvalue weighted by Gasteiger charge is 2.41. The number of carbonyl (C=O) groups is 1. The number of likely N-dealkylation sites (tertiary alicyclic amines) is 1. The fourth-order valence-electron chi connectivity index (χ4n) is 7.16. The Morgan fingerprint density at radius 3 is 2.49 bits per heavy atom. The predicted octanol–water partition coefficient (Wildman–Crippen LogP) is 7.69. The first-order valence-electron chi connectivity index (χ1n) is 15.5. The lowest BCUT2D eigenvalue weighted by Gasteiger charge is -2.31. The maximum atomic E-state index is 16.2. The molecule has 1 aliphatic carbocycles. The second-order valence-electron chi connectivity index (χ2n) is 12.7. The molecule has 2 fully saturated rings. The lowest BCUT2D eigenvalue weighted by molar-refractivity contribution is -0.142. The molecule has 0 amide bonds. The Kier molecular flexibility index (Phi) is 8.16. The number of hydrogen-bond acceptors (Lipinski definition) is 5. The zero-order chi connectivity index (χ0) is 30.4. The molecule has 1 saturated carbocycles. The van der Waals surface area contributed by atoms with Gasteiger partial charge < -0.3 is 14.6 Å². The van der Waals surface area contributed by atoms with Crippen molar-refractivity contribution in [3.8, 4) is 22.8 Å². The van der Waals surface area contributed by atoms with Crippen molar-refractivity contribution in [3.05, 3.63) is 76.5 Å². The van der Waals surface area contributed by atoms with Crippen LogP contribution in [-0.2, 0) is 17.8 Å². The summed E-state index contributed by atoms with van der Waals surface area (Å²) < 4.78 is 43.0. The first-order chi connectivity index (χ1) is 20.7. The molecule has 6 nitrogen and oxygen atoms in total. The van der Waals surface area contributed by atoms with Crippen LogP contribution in [0.3, 0.4) is 0 Å². The lowest BCUT2D eigenvalue weighted by atomic mass is 9.82. The van der Waals surface area contributed by atoms with Crippen LogP contribution in [0.1, 0.15) is 87.2 Å². The number of rotatable bonds is 9. The number of carboxylic acids is 1. The Balaban J connectivity index is 1.36. The third-order valence-corrected chi connectivity index (χ3v) is 9.88. The molecule has 1 aromatic heterocycles. The molecule has 0 radical (unpaired) electrons. The van der Waals surface area contributed by atoms with E-state index in [-0.39, 0.29) is 23.7 Å². The summed E-state index contributed by atoms with van der Waals surface area (Å²) in [4.78, 5) is 18.3. The van der Waals surface area contributed by atoms with Gasteiger partial charge in [-0.15, -0.1) is 0 Å². The zero-order valence-corrected chi connectivity index (χ0v) is 25.3. The van der Waals surface area contributed by atoms with Gasteiger partial charge >= 0.3 is 5.97 Å². The standard InChI is InChI=1S/C35H40F2N2O4/c1-19-5-6-20(2)39(19)18-25-15-24(10-12-26(25)28-16-31(42-4)38-17-29(28)36)30-14-11-23-9-13-27(33(37)34(23)43-30)32(22-7-8-22)21(3)35(40)41/h9-10,12-13,15-17,19-22,30,32H,5-8,11,14,18H2,1-4H3,(H,40,41)/t19-,20-,21+,30?,32?/m1/s1. The second kappa shape index (κ2) is 11.9. The minimum Gasteiger partial charge on any atom is -0.482 e. The number of aromatic nitrogens is 1. The lowest BCUT2D eigenvalue weighted by Crippen LogP contribution is -2.32. The molecule has 3 aliphatic rings. The summed E-state index contributed by atoms with van der Waals surface area (Å²) in [6.07, 6.45) is 6.18. The molecule has 5 atom stereocenters. The summed E-state index contributed by atoms with van der Waals surface area (Å²) in [6.45, 7) is 6.77. The highest BCUT2D eigenvalue weighted by molar-refractivity contribution is 5.71. The quantitative estimate of drug-likeness (QED) is 0.276. The summed E-state index contributed by atoms with van der Waals surface area (Å²) in [7, 11) is 1.51. The number of benzene rings is 2. The van der Waals surface area contributed by atoms with E-state index >= 15 is 8.78 Å². The van der Waals surface area contributed by atoms with Gasteiger partial charge in [0.25, 0.3) is 0 Å². The normalized spacial score (nSPS) is 23.3. The fraction of sp³-hybridized carbons (Fsp3) is 0.486. The van der Waals surface area contributed by atoms with E-state index in [0.29, 0.717) is 48.5 Å². The van der Waals surface area contributed by atoms with Crippen molar-refractivity contribution in [1.82, 2.24) is 9.88 Å². The molecule has 8 heteroatoms. The van der Waals surface area contributed by atoms with Crippen LogP contribution >= 0.6 is 0 Å². The molecule has 3 heterocycles. The van der Waals surface area contributed by atoms with Crippen LogP contribution in [0.25, 0.3) is 11.1 Å². The van der Waals surface area contributed by atoms with E-state index in [4.69, 9.17) is 9.47 Å². The van der Waals surface area contributed by atoms with Gasteiger partial charge in [-0.2, -0.15) is 0 Å². The van der Waals surface area contributed by atoms with E-state index in [9.17, 15) is 9.90 Å². The average Bonchev–Trinajstić information content (AvgIpc) is 3.80. The number of carboxylic acid groups (broad SMARTS) is 1. The van der Waals surface area contributed by atoms with E-state index in [1.165, 1.54) is 13.3 Å². The van der Waals surface area contributed by atoms with Gasteiger partial charge in [-0.25, -0.2) is 13.8 Å². The molecule has 0 bridgehead atoms. The molecule has 2 aliphatic heterocycles. The average molecular weight is 591 g/mol. The van der Waals surface area contributed by atoms with E-state index in [1.807, 2.05) is 18.2 Å². The number of aryl methyl sites for hydroxylation is 1. The van der Waals surface area contributed by atoms with Crippen molar-refractivity contribution in [3.63, 3.8) is 0 Å². The van der Waals surface area contributed by atoms with E-state index in [0.717, 1.165) is 47.9 Å². The van der Waals surface area contributed by atoms with Gasteiger partial charge in [-0.1, -0.05) is 37.3 Å². The number of halogens is 2. The number of fused-ring (bicyclic) bond motifs is 1. The number of nitrogens with zero attached hydrogens (tertiary/aromatic N) is 2. The third-order valence-electron chi connectivity index (χ3n) is 9.88. The van der Waals surface area contributed by atoms with Crippen LogP contribution in [-0.4, -0.2) is 40.2 Å². The highest BCUT2D eigenvalue weighted by atomic mass is 19.1. The smallest absolute Gasteiger partial charge is 0.306 e. The van der Waals surface area contributed by atoms with Gasteiger partial charge in [0.05, 0.1) is 19.2 Å². The fourth-order valence-corrected chi connectivity index (χ4v) is 7.16. The summed E-state index contributed by atoms with van der Waals surface area (Å²) in [5.41, 5.74) is 4.32. The van der Waals surface area contributed by atoms with Crippen LogP contribution in [0.2, 0.25) is 0 Å². The minimum atomic E-state index is -0.912. The first-order valence-corrected chi connectivity index (χ1v) is 15.5. The molecule has 2 unspecified atom stereocenters. The van der Waals surface area contributed by atoms with Crippen molar-refractivity contribution in [1.29, 1.82) is 0 Å². The highest BCUT2D eigenvalue weighted by Crippen LogP contribution is 2.50. The van der Waals surface area contributed by atoms with Crippen LogP contribution in [0, 0.1) is 23.5 Å². The molecular weight excluding hydrogens is 550 g/mol. The molecule has 0 spiro atoms. The summed E-state index contributed by atoms with van der Waals surface area (Å²) in [5.74, 6) is -2.08. The Labute approximate surface area is 252 Å². The second-order valence-corrected chi connectivity index (χ2v) is 12.7. The maximum Gasteiger partial charge on any atom is 0.306 e. The third kappa shape index (κ3) is 5.74. The Morgan fingerprint density at radius 1 is 1.07 bits per heavy atom. The maximum absolute atomic E-state index is 16.2. The first kappa shape index (κ1) is 29.5. The van der Waals surface area contributed by atoms with Crippen molar-refractivity contribution < 1.29 is 28.2 Å². The molecule has 228 valence electrons. The minimum absolute atomic E-state index is 0.177. The van der Waals surface area contributed by atoms with Crippen molar-refractivity contribution in [2.24, 2.45) is 11.8 Å². The van der Waals surface area contributed by atoms with Crippen molar-refractivity contribution >= 4 is 5.97 Å². The molecule has 2 aromatic carbocycles. The van der Waals surface area contributed by atoms with Crippen molar-refractivity contribution in [2.45, 2.75) is 89.9 Å². The SMILES string of the molecule is COc1cc(-c2ccc(C3CCc4ccc(C(C5CC5)[C@H](C)C(=O)O)c(F)c4O3)cc2CN2[C@H](C)CC[C@H]2C)c(F)cn1. The molecule has 6 rings (SSSR count). The number of aliphatic carboxylic acids is 1. The van der Waals surface area contributed by atoms with Gasteiger partial charge in [0.1, 0.15) is 11.9 Å². The van der Waals surface area contributed by atoms with Gasteiger partial charge in [-0.05, 0) is 86.1 Å². The largest absolute Gasteiger partial charge is 0.482 e. The molecule has 1 N–H and O–H groups in total. The zero-order valence-electron chi connectivity index (χ0n) is 25.3. The Morgan fingerprint density at radius 2 is 1.81 bits per heavy atom. The monoisotopic (exact) mass is 590 g/mol. The Bertz CT molecular complexity index is 1510. The van der Waals surface area contributed by atoms with Gasteiger partial charge in [0.2, 0.25) is 5.88 Å². The summed E-state index contributed by atoms with van der Waals surface area (Å²) >= 11 is 0. The van der Waals surface area contributed by atoms with Gasteiger partial charge in [-0.3, -0.25) is 9.69 Å². The number of hydrogen-bond donors (Lipinski definition) is 1.